The number of benzene rings is 1. The van der Waals surface area contributed by atoms with Gasteiger partial charge in [-0.25, -0.2) is 0 Å². The van der Waals surface area contributed by atoms with E-state index in [1.165, 1.54) is 12.5 Å². The fourth-order valence-corrected chi connectivity index (χ4v) is 6.16. The Hall–Kier alpha value is -2.31. The zero-order chi connectivity index (χ0) is 23.3. The summed E-state index contributed by atoms with van der Waals surface area (Å²) in [6, 6.07) is 4.19. The molecule has 0 bridgehead atoms. The molecule has 0 radical (unpaired) electrons. The van der Waals surface area contributed by atoms with Gasteiger partial charge in [0.15, 0.2) is 5.84 Å². The van der Waals surface area contributed by atoms with Crippen LogP contribution in [-0.4, -0.2) is 39.2 Å². The molecule has 2 aliphatic heterocycles. The molecule has 4 rings (SSSR count). The van der Waals surface area contributed by atoms with Gasteiger partial charge in [0.25, 0.3) is 5.91 Å². The van der Waals surface area contributed by atoms with Gasteiger partial charge in [0.05, 0.1) is 17.0 Å². The molecule has 2 unspecified atom stereocenters. The van der Waals surface area contributed by atoms with Gasteiger partial charge in [-0.1, -0.05) is 40.0 Å². The Kier molecular flexibility index (Phi) is 5.88. The van der Waals surface area contributed by atoms with Crippen LogP contribution in [0.25, 0.3) is 0 Å². The molecular weight excluding hydrogens is 427 g/mol. The SMILES string of the molecule is CC(C)(C)CCN1C(=O)C(C2=NP(=O)(O)c3cc(N)ccc3N2)=C(O)C1C1CCCCC1. The number of nitrogen functional groups attached to an aromatic ring is 1. The monoisotopic (exact) mass is 460 g/mol. The van der Waals surface area contributed by atoms with Gasteiger partial charge in [0, 0.05) is 12.2 Å². The van der Waals surface area contributed by atoms with Gasteiger partial charge in [-0.3, -0.25) is 9.36 Å². The third-order valence-corrected chi connectivity index (χ3v) is 8.08. The van der Waals surface area contributed by atoms with Gasteiger partial charge in [0.1, 0.15) is 11.3 Å². The van der Waals surface area contributed by atoms with Crippen LogP contribution >= 0.6 is 7.52 Å². The molecule has 5 N–H and O–H groups in total. The first-order chi connectivity index (χ1) is 15.0. The molecule has 3 aliphatic rings. The highest BCUT2D eigenvalue weighted by molar-refractivity contribution is 7.65. The van der Waals surface area contributed by atoms with Crippen LogP contribution in [0.5, 0.6) is 0 Å². The summed E-state index contributed by atoms with van der Waals surface area (Å²) in [7, 11) is -4.15. The Morgan fingerprint density at radius 1 is 1.25 bits per heavy atom. The maximum Gasteiger partial charge on any atom is 0.346 e. The minimum Gasteiger partial charge on any atom is -0.509 e. The van der Waals surface area contributed by atoms with Crippen LogP contribution in [-0.2, 0) is 9.36 Å². The fraction of sp³-hybridized carbons (Fsp3) is 0.565. The van der Waals surface area contributed by atoms with E-state index in [1.54, 1.807) is 17.0 Å². The smallest absolute Gasteiger partial charge is 0.346 e. The molecule has 8 nitrogen and oxygen atoms in total. The van der Waals surface area contributed by atoms with Crippen molar-refractivity contribution in [3.63, 3.8) is 0 Å². The van der Waals surface area contributed by atoms with Crippen LogP contribution in [0.15, 0.2) is 34.3 Å². The van der Waals surface area contributed by atoms with E-state index >= 15 is 0 Å². The van der Waals surface area contributed by atoms with Crippen molar-refractivity contribution in [1.29, 1.82) is 0 Å². The minimum absolute atomic E-state index is 0.00577. The molecule has 1 aromatic carbocycles. The second-order valence-corrected chi connectivity index (χ2v) is 12.1. The minimum atomic E-state index is -4.15. The van der Waals surface area contributed by atoms with Crippen molar-refractivity contribution in [3.8, 4) is 0 Å². The van der Waals surface area contributed by atoms with Crippen molar-refractivity contribution in [3.05, 3.63) is 29.5 Å². The van der Waals surface area contributed by atoms with Crippen molar-refractivity contribution in [1.82, 2.24) is 4.90 Å². The highest BCUT2D eigenvalue weighted by Crippen LogP contribution is 2.48. The maximum absolute atomic E-state index is 13.6. The summed E-state index contributed by atoms with van der Waals surface area (Å²) in [4.78, 5) is 25.9. The summed E-state index contributed by atoms with van der Waals surface area (Å²) >= 11 is 0. The van der Waals surface area contributed by atoms with E-state index in [0.29, 0.717) is 17.9 Å². The van der Waals surface area contributed by atoms with Crippen molar-refractivity contribution in [2.75, 3.05) is 17.6 Å². The van der Waals surface area contributed by atoms with E-state index in [0.717, 1.165) is 32.1 Å². The lowest BCUT2D eigenvalue weighted by atomic mass is 9.82. The molecule has 0 spiro atoms. The van der Waals surface area contributed by atoms with Crippen LogP contribution in [0.4, 0.5) is 11.4 Å². The Bertz CT molecular complexity index is 1040. The second kappa shape index (κ2) is 8.23. The number of nitrogens with two attached hydrogens (primary N) is 1. The zero-order valence-corrected chi connectivity index (χ0v) is 19.9. The van der Waals surface area contributed by atoms with Gasteiger partial charge in [0.2, 0.25) is 0 Å². The topological polar surface area (TPSA) is 128 Å². The van der Waals surface area contributed by atoms with Crippen molar-refractivity contribution < 1.29 is 19.4 Å². The summed E-state index contributed by atoms with van der Waals surface area (Å²) in [5.41, 5.74) is 6.52. The number of hydrogen-bond acceptors (Lipinski definition) is 5. The summed E-state index contributed by atoms with van der Waals surface area (Å²) < 4.78 is 17.0. The molecule has 1 saturated carbocycles. The van der Waals surface area contributed by atoms with Gasteiger partial charge in [-0.15, -0.1) is 0 Å². The quantitative estimate of drug-likeness (QED) is 0.398. The first kappa shape index (κ1) is 22.9. The lowest BCUT2D eigenvalue weighted by Gasteiger charge is -2.35. The predicted molar refractivity (Wildman–Crippen MR) is 127 cm³/mol. The lowest BCUT2D eigenvalue weighted by Crippen LogP contribution is -2.43. The fourth-order valence-electron chi connectivity index (χ4n) is 4.87. The number of rotatable bonds is 4. The largest absolute Gasteiger partial charge is 0.509 e. The molecular formula is C23H33N4O4P. The van der Waals surface area contributed by atoms with E-state index in [2.05, 4.69) is 30.9 Å². The first-order valence-corrected chi connectivity index (χ1v) is 12.9. The number of aliphatic hydroxyl groups is 1. The number of nitrogens with zero attached hydrogens (tertiary/aromatic N) is 2. The van der Waals surface area contributed by atoms with E-state index in [1.807, 2.05) is 0 Å². The number of amidine groups is 1. The number of anilines is 2. The van der Waals surface area contributed by atoms with Crippen LogP contribution in [0, 0.1) is 11.3 Å². The van der Waals surface area contributed by atoms with Gasteiger partial charge < -0.3 is 26.0 Å². The van der Waals surface area contributed by atoms with E-state index < -0.39 is 13.6 Å². The standard InChI is InChI=1S/C23H33N4O4P/c1-23(2,3)11-12-27-19(14-7-5-4-6-8-14)20(28)18(22(27)29)21-25-16-10-9-15(24)13-17(16)32(30,31)26-21/h9-10,13-14,19,28H,4-8,11-12,24H2,1-3H3,(H2,25,26,30,31). The Balaban J connectivity index is 1.73. The molecule has 0 aromatic heterocycles. The third-order valence-electron chi connectivity index (χ3n) is 6.61. The molecule has 2 atom stereocenters. The molecule has 1 aliphatic carbocycles. The molecule has 1 fully saturated rings. The second-order valence-electron chi connectivity index (χ2n) is 10.3. The Morgan fingerprint density at radius 3 is 2.59 bits per heavy atom. The number of nitrogens with one attached hydrogen (secondary N) is 1. The average molecular weight is 461 g/mol. The molecule has 174 valence electrons. The summed E-state index contributed by atoms with van der Waals surface area (Å²) in [5.74, 6) is -0.259. The third kappa shape index (κ3) is 4.30. The molecule has 1 aromatic rings. The number of fused-ring (bicyclic) bond motifs is 1. The number of amides is 1. The first-order valence-electron chi connectivity index (χ1n) is 11.3. The highest BCUT2D eigenvalue weighted by Gasteiger charge is 2.47. The molecule has 2 heterocycles. The number of aliphatic hydroxyl groups excluding tert-OH is 1. The van der Waals surface area contributed by atoms with E-state index in [4.69, 9.17) is 5.73 Å². The van der Waals surface area contributed by atoms with Crippen LogP contribution in [0.3, 0.4) is 0 Å². The Morgan fingerprint density at radius 2 is 1.94 bits per heavy atom. The van der Waals surface area contributed by atoms with Crippen LogP contribution in [0.1, 0.15) is 59.3 Å². The van der Waals surface area contributed by atoms with Crippen LogP contribution in [0.2, 0.25) is 0 Å². The maximum atomic E-state index is 13.6. The lowest BCUT2D eigenvalue weighted by molar-refractivity contribution is -0.128. The zero-order valence-electron chi connectivity index (χ0n) is 19.0. The van der Waals surface area contributed by atoms with Gasteiger partial charge in [-0.05, 0) is 48.8 Å². The summed E-state index contributed by atoms with van der Waals surface area (Å²) in [6.07, 6.45) is 5.99. The van der Waals surface area contributed by atoms with Crippen molar-refractivity contribution >= 4 is 35.9 Å². The molecule has 9 heteroatoms. The normalized spacial score (nSPS) is 26.8. The molecule has 0 saturated heterocycles. The molecule has 1 amide bonds. The van der Waals surface area contributed by atoms with Gasteiger partial charge in [-0.2, -0.15) is 4.76 Å². The summed E-state index contributed by atoms with van der Waals surface area (Å²) in [5, 5.41) is 14.4. The summed E-state index contributed by atoms with van der Waals surface area (Å²) in [6.45, 7) is 6.87. The van der Waals surface area contributed by atoms with E-state index in [-0.39, 0.29) is 39.7 Å². The van der Waals surface area contributed by atoms with Crippen LogP contribution < -0.4 is 16.4 Å². The molecule has 32 heavy (non-hydrogen) atoms. The highest BCUT2D eigenvalue weighted by atomic mass is 31.2. The number of carbonyl (C=O) groups is 1. The van der Waals surface area contributed by atoms with Crippen molar-refractivity contribution in [2.45, 2.75) is 65.3 Å². The number of hydrogen-bond donors (Lipinski definition) is 4. The average Bonchev–Trinajstić information content (AvgIpc) is 2.96. The van der Waals surface area contributed by atoms with E-state index in [9.17, 15) is 19.4 Å². The Labute approximate surface area is 189 Å². The van der Waals surface area contributed by atoms with Crippen molar-refractivity contribution in [2.24, 2.45) is 16.1 Å². The predicted octanol–water partition coefficient (Wildman–Crippen LogP) is 3.94. The number of carbonyl (C=O) groups excluding carboxylic acids is 1. The van der Waals surface area contributed by atoms with Gasteiger partial charge >= 0.3 is 7.52 Å².